The van der Waals surface area contributed by atoms with Gasteiger partial charge in [-0.1, -0.05) is 0 Å². The number of hydrogen-bond acceptors (Lipinski definition) is 4. The summed E-state index contributed by atoms with van der Waals surface area (Å²) in [5.41, 5.74) is 6.05. The van der Waals surface area contributed by atoms with Gasteiger partial charge in [-0.3, -0.25) is 0 Å². The summed E-state index contributed by atoms with van der Waals surface area (Å²) < 4.78 is 23.5. The maximum atomic E-state index is 13.2. The molecule has 1 aromatic rings. The van der Waals surface area contributed by atoms with Gasteiger partial charge >= 0.3 is 6.09 Å². The Kier molecular flexibility index (Phi) is 5.96. The first-order valence-corrected chi connectivity index (χ1v) is 6.76. The van der Waals surface area contributed by atoms with Crippen LogP contribution in [0.2, 0.25) is 0 Å². The number of nitrogens with one attached hydrogen (secondary N) is 1. The van der Waals surface area contributed by atoms with Gasteiger partial charge in [0.15, 0.2) is 0 Å². The molecule has 0 saturated heterocycles. The Labute approximate surface area is 124 Å². The van der Waals surface area contributed by atoms with Crippen LogP contribution in [0.3, 0.4) is 0 Å². The molecule has 0 spiro atoms. The Bertz CT molecular complexity index is 486. The molecule has 0 heterocycles. The summed E-state index contributed by atoms with van der Waals surface area (Å²) >= 11 is 0. The minimum atomic E-state index is -0.556. The Hall–Kier alpha value is -1.82. The second kappa shape index (κ2) is 7.26. The zero-order chi connectivity index (χ0) is 16.0. The van der Waals surface area contributed by atoms with Gasteiger partial charge in [0.25, 0.3) is 0 Å². The number of nitrogens with two attached hydrogens (primary N) is 1. The fourth-order valence-electron chi connectivity index (χ4n) is 1.79. The number of benzene rings is 1. The van der Waals surface area contributed by atoms with Crippen LogP contribution in [0, 0.1) is 5.82 Å². The van der Waals surface area contributed by atoms with E-state index in [1.54, 1.807) is 26.8 Å². The molecule has 118 valence electrons. The van der Waals surface area contributed by atoms with Crippen LogP contribution < -0.4 is 15.8 Å². The van der Waals surface area contributed by atoms with Crippen LogP contribution in [-0.4, -0.2) is 31.4 Å². The first kappa shape index (κ1) is 17.2. The number of halogens is 1. The third kappa shape index (κ3) is 6.44. The molecule has 0 fully saturated rings. The number of carbonyl (C=O) groups excluding carboxylic acids is 1. The van der Waals surface area contributed by atoms with Crippen LogP contribution in [0.15, 0.2) is 18.2 Å². The van der Waals surface area contributed by atoms with Gasteiger partial charge in [-0.25, -0.2) is 9.18 Å². The van der Waals surface area contributed by atoms with Crippen molar-refractivity contribution in [2.75, 3.05) is 13.7 Å². The predicted octanol–water partition coefficient (Wildman–Crippen LogP) is 2.23. The minimum Gasteiger partial charge on any atom is -0.496 e. The normalized spacial score (nSPS) is 12.7. The van der Waals surface area contributed by atoms with Crippen LogP contribution in [0.4, 0.5) is 9.18 Å². The molecule has 0 radical (unpaired) electrons. The van der Waals surface area contributed by atoms with Crippen molar-refractivity contribution in [2.45, 2.75) is 38.8 Å². The molecular weight excluding hydrogens is 275 g/mol. The maximum absolute atomic E-state index is 13.2. The SMILES string of the molecule is COc1ccc(F)cc1CC(N)CNC(=O)OC(C)(C)C. The summed E-state index contributed by atoms with van der Waals surface area (Å²) in [4.78, 5) is 11.5. The highest BCUT2D eigenvalue weighted by Crippen LogP contribution is 2.20. The number of alkyl carbamates (subject to hydrolysis) is 1. The fourth-order valence-corrected chi connectivity index (χ4v) is 1.79. The smallest absolute Gasteiger partial charge is 0.407 e. The Morgan fingerprint density at radius 1 is 1.43 bits per heavy atom. The van der Waals surface area contributed by atoms with Crippen molar-refractivity contribution in [3.63, 3.8) is 0 Å². The number of hydrogen-bond donors (Lipinski definition) is 2. The molecule has 5 nitrogen and oxygen atoms in total. The van der Waals surface area contributed by atoms with Gasteiger partial charge < -0.3 is 20.5 Å². The van der Waals surface area contributed by atoms with Crippen molar-refractivity contribution >= 4 is 6.09 Å². The van der Waals surface area contributed by atoms with Gasteiger partial charge in [-0.2, -0.15) is 0 Å². The van der Waals surface area contributed by atoms with Gasteiger partial charge in [0, 0.05) is 12.6 Å². The van der Waals surface area contributed by atoms with E-state index in [4.69, 9.17) is 15.2 Å². The lowest BCUT2D eigenvalue weighted by molar-refractivity contribution is 0.0524. The van der Waals surface area contributed by atoms with E-state index in [0.717, 1.165) is 0 Å². The summed E-state index contributed by atoms with van der Waals surface area (Å²) in [6.45, 7) is 5.58. The molecule has 0 saturated carbocycles. The van der Waals surface area contributed by atoms with E-state index in [1.807, 2.05) is 0 Å². The summed E-state index contributed by atoms with van der Waals surface area (Å²) in [7, 11) is 1.52. The molecule has 3 N–H and O–H groups in total. The van der Waals surface area contributed by atoms with E-state index < -0.39 is 11.7 Å². The van der Waals surface area contributed by atoms with Gasteiger partial charge in [-0.05, 0) is 51.0 Å². The topological polar surface area (TPSA) is 73.6 Å². The lowest BCUT2D eigenvalue weighted by Gasteiger charge is -2.21. The van der Waals surface area contributed by atoms with E-state index in [9.17, 15) is 9.18 Å². The van der Waals surface area contributed by atoms with Crippen molar-refractivity contribution in [2.24, 2.45) is 5.73 Å². The average molecular weight is 298 g/mol. The molecule has 1 atom stereocenters. The second-order valence-corrected chi connectivity index (χ2v) is 5.80. The highest BCUT2D eigenvalue weighted by Gasteiger charge is 2.17. The summed E-state index contributed by atoms with van der Waals surface area (Å²) in [5.74, 6) is 0.224. The first-order valence-electron chi connectivity index (χ1n) is 6.76. The highest BCUT2D eigenvalue weighted by molar-refractivity contribution is 5.67. The van der Waals surface area contributed by atoms with E-state index in [0.29, 0.717) is 17.7 Å². The van der Waals surface area contributed by atoms with Crippen LogP contribution in [-0.2, 0) is 11.2 Å². The van der Waals surface area contributed by atoms with E-state index in [1.165, 1.54) is 19.2 Å². The third-order valence-electron chi connectivity index (χ3n) is 2.63. The fraction of sp³-hybridized carbons (Fsp3) is 0.533. The molecular formula is C15H23FN2O3. The standard InChI is InChI=1S/C15H23FN2O3/c1-15(2,3)21-14(19)18-9-12(17)8-10-7-11(16)5-6-13(10)20-4/h5-7,12H,8-9,17H2,1-4H3,(H,18,19). The average Bonchev–Trinajstić information content (AvgIpc) is 2.35. The Morgan fingerprint density at radius 3 is 2.67 bits per heavy atom. The number of methoxy groups -OCH3 is 1. The number of ether oxygens (including phenoxy) is 2. The molecule has 6 heteroatoms. The monoisotopic (exact) mass is 298 g/mol. The Morgan fingerprint density at radius 2 is 2.10 bits per heavy atom. The van der Waals surface area contributed by atoms with Gasteiger partial charge in [0.05, 0.1) is 7.11 Å². The van der Waals surface area contributed by atoms with Crippen LogP contribution in [0.5, 0.6) is 5.75 Å². The van der Waals surface area contributed by atoms with Crippen molar-refractivity contribution in [1.29, 1.82) is 0 Å². The Balaban J connectivity index is 2.52. The number of carbonyl (C=O) groups is 1. The van der Waals surface area contributed by atoms with E-state index >= 15 is 0 Å². The van der Waals surface area contributed by atoms with E-state index in [-0.39, 0.29) is 18.4 Å². The summed E-state index contributed by atoms with van der Waals surface area (Å²) in [6, 6.07) is 3.89. The number of rotatable bonds is 5. The summed E-state index contributed by atoms with van der Waals surface area (Å²) in [5, 5.41) is 2.59. The first-order chi connectivity index (χ1) is 9.71. The predicted molar refractivity (Wildman–Crippen MR) is 78.9 cm³/mol. The second-order valence-electron chi connectivity index (χ2n) is 5.80. The zero-order valence-corrected chi connectivity index (χ0v) is 12.9. The molecule has 0 bridgehead atoms. The largest absolute Gasteiger partial charge is 0.496 e. The minimum absolute atomic E-state index is 0.231. The van der Waals surface area contributed by atoms with Gasteiger partial charge in [-0.15, -0.1) is 0 Å². The third-order valence-corrected chi connectivity index (χ3v) is 2.63. The van der Waals surface area contributed by atoms with Gasteiger partial charge in [0.1, 0.15) is 17.2 Å². The lowest BCUT2D eigenvalue weighted by atomic mass is 10.1. The maximum Gasteiger partial charge on any atom is 0.407 e. The molecule has 1 aromatic carbocycles. The highest BCUT2D eigenvalue weighted by atomic mass is 19.1. The van der Waals surface area contributed by atoms with Gasteiger partial charge in [0.2, 0.25) is 0 Å². The molecule has 0 aromatic heterocycles. The van der Waals surface area contributed by atoms with Crippen LogP contribution >= 0.6 is 0 Å². The van der Waals surface area contributed by atoms with E-state index in [2.05, 4.69) is 5.32 Å². The molecule has 1 rings (SSSR count). The number of amides is 1. The van der Waals surface area contributed by atoms with Crippen molar-refractivity contribution in [3.05, 3.63) is 29.6 Å². The molecule has 0 aliphatic rings. The van der Waals surface area contributed by atoms with Crippen molar-refractivity contribution in [3.8, 4) is 5.75 Å². The van der Waals surface area contributed by atoms with Crippen molar-refractivity contribution in [1.82, 2.24) is 5.32 Å². The lowest BCUT2D eigenvalue weighted by Crippen LogP contribution is -2.41. The molecule has 1 amide bonds. The molecule has 0 aliphatic heterocycles. The zero-order valence-electron chi connectivity index (χ0n) is 12.9. The molecule has 1 unspecified atom stereocenters. The van der Waals surface area contributed by atoms with Crippen molar-refractivity contribution < 1.29 is 18.7 Å². The van der Waals surface area contributed by atoms with Crippen LogP contribution in [0.1, 0.15) is 26.3 Å². The van der Waals surface area contributed by atoms with Crippen LogP contribution in [0.25, 0.3) is 0 Å². The molecule has 21 heavy (non-hydrogen) atoms. The molecule has 0 aliphatic carbocycles. The quantitative estimate of drug-likeness (QED) is 0.874. The summed E-state index contributed by atoms with van der Waals surface area (Å²) in [6.07, 6.45) is -0.138.